The van der Waals surface area contributed by atoms with Crippen LogP contribution in [-0.2, 0) is 11.2 Å². The molecule has 0 aliphatic carbocycles. The van der Waals surface area contributed by atoms with Gasteiger partial charge in [0.1, 0.15) is 11.3 Å². The molecule has 0 spiro atoms. The van der Waals surface area contributed by atoms with Crippen LogP contribution in [0.1, 0.15) is 27.2 Å². The van der Waals surface area contributed by atoms with Crippen molar-refractivity contribution in [1.29, 1.82) is 0 Å². The molecule has 1 aliphatic heterocycles. The second kappa shape index (κ2) is 9.94. The molecule has 9 nitrogen and oxygen atoms in total. The number of nitrogens with zero attached hydrogens (tertiary/aromatic N) is 1. The Balaban J connectivity index is 1.65. The maximum absolute atomic E-state index is 13.0. The molecule has 37 heavy (non-hydrogen) atoms. The summed E-state index contributed by atoms with van der Waals surface area (Å²) in [5.41, 5.74) is 8.97. The molecule has 9 heteroatoms. The van der Waals surface area contributed by atoms with E-state index in [1.807, 2.05) is 11.0 Å². The fourth-order valence-electron chi connectivity index (χ4n) is 4.71. The highest BCUT2D eigenvalue weighted by Gasteiger charge is 2.19. The third-order valence-electron chi connectivity index (χ3n) is 6.56. The number of para-hydroxylation sites is 1. The molecule has 1 amide bonds. The van der Waals surface area contributed by atoms with Crippen molar-refractivity contribution in [2.24, 2.45) is 5.73 Å². The van der Waals surface area contributed by atoms with Gasteiger partial charge in [0.15, 0.2) is 11.3 Å². The van der Waals surface area contributed by atoms with Crippen molar-refractivity contribution in [2.45, 2.75) is 13.3 Å². The number of aryl methyl sites for hydroxylation is 1. The number of hydrogen-bond donors (Lipinski definition) is 2. The van der Waals surface area contributed by atoms with Crippen LogP contribution in [0.25, 0.3) is 22.1 Å². The molecule has 0 saturated carbocycles. The van der Waals surface area contributed by atoms with E-state index < -0.39 is 5.91 Å². The van der Waals surface area contributed by atoms with Gasteiger partial charge in [0.25, 0.3) is 5.56 Å². The number of nitrogens with one attached hydrogen (secondary N) is 1. The molecule has 4 aromatic rings. The summed E-state index contributed by atoms with van der Waals surface area (Å²) in [6, 6.07) is 13.8. The van der Waals surface area contributed by atoms with Gasteiger partial charge in [-0.25, -0.2) is 0 Å². The largest absolute Gasteiger partial charge is 0.496 e. The zero-order valence-electron chi connectivity index (χ0n) is 20.6. The maximum Gasteiger partial charge on any atom is 0.255 e. The Labute approximate surface area is 212 Å². The Morgan fingerprint density at radius 3 is 2.62 bits per heavy atom. The number of hydrogen-bond acceptors (Lipinski definition) is 7. The van der Waals surface area contributed by atoms with Gasteiger partial charge in [-0.3, -0.25) is 14.4 Å². The molecule has 2 aromatic carbocycles. The SMILES string of the molecule is COc1cc(C)[nH]c(=O)c1Cc1cc(-c2cccc3c(=O)cc(N4CCOCC4)oc23)ccc1C(N)=O. The second-order valence-corrected chi connectivity index (χ2v) is 8.97. The van der Waals surface area contributed by atoms with E-state index in [0.717, 1.165) is 5.56 Å². The Bertz CT molecular complexity index is 1620. The molecular weight excluding hydrogens is 474 g/mol. The molecule has 1 fully saturated rings. The number of carbonyl (C=O) groups excluding carboxylic acids is 1. The van der Waals surface area contributed by atoms with Crippen LogP contribution >= 0.6 is 0 Å². The first kappa shape index (κ1) is 24.3. The molecule has 3 heterocycles. The van der Waals surface area contributed by atoms with Crippen LogP contribution in [-0.4, -0.2) is 44.3 Å². The van der Waals surface area contributed by atoms with Crippen LogP contribution in [0.5, 0.6) is 5.75 Å². The quantitative estimate of drug-likeness (QED) is 0.416. The van der Waals surface area contributed by atoms with Crippen LogP contribution < -0.4 is 26.4 Å². The zero-order chi connectivity index (χ0) is 26.1. The Morgan fingerprint density at radius 1 is 1.11 bits per heavy atom. The number of H-pyrrole nitrogens is 1. The summed E-state index contributed by atoms with van der Waals surface area (Å²) >= 11 is 0. The monoisotopic (exact) mass is 501 g/mol. The van der Waals surface area contributed by atoms with E-state index in [1.54, 1.807) is 43.3 Å². The van der Waals surface area contributed by atoms with Crippen LogP contribution in [0.4, 0.5) is 5.88 Å². The summed E-state index contributed by atoms with van der Waals surface area (Å²) in [6.45, 7) is 4.14. The van der Waals surface area contributed by atoms with E-state index in [9.17, 15) is 14.4 Å². The van der Waals surface area contributed by atoms with E-state index in [2.05, 4.69) is 4.98 Å². The molecular formula is C28H27N3O6. The lowest BCUT2D eigenvalue weighted by molar-refractivity contribution is 0.0999. The summed E-state index contributed by atoms with van der Waals surface area (Å²) in [5.74, 6) is 0.301. The maximum atomic E-state index is 13.0. The summed E-state index contributed by atoms with van der Waals surface area (Å²) in [7, 11) is 1.49. The van der Waals surface area contributed by atoms with E-state index in [4.69, 9.17) is 19.6 Å². The topological polar surface area (TPSA) is 128 Å². The van der Waals surface area contributed by atoms with Gasteiger partial charge in [-0.05, 0) is 42.3 Å². The van der Waals surface area contributed by atoms with Gasteiger partial charge in [0, 0.05) is 42.4 Å². The predicted molar refractivity (Wildman–Crippen MR) is 141 cm³/mol. The van der Waals surface area contributed by atoms with Crippen molar-refractivity contribution in [1.82, 2.24) is 4.98 Å². The molecule has 190 valence electrons. The highest BCUT2D eigenvalue weighted by molar-refractivity contribution is 5.97. The Morgan fingerprint density at radius 2 is 1.89 bits per heavy atom. The third-order valence-corrected chi connectivity index (χ3v) is 6.56. The normalized spacial score (nSPS) is 13.6. The summed E-state index contributed by atoms with van der Waals surface area (Å²) in [5, 5.41) is 0.451. The molecule has 0 radical (unpaired) electrons. The summed E-state index contributed by atoms with van der Waals surface area (Å²) < 4.78 is 17.1. The standard InChI is InChI=1S/C28H27N3O6/c1-16-12-24(35-2)22(28(34)30-16)14-18-13-17(6-7-20(18)27(29)33)19-4-3-5-21-23(32)15-25(37-26(19)21)31-8-10-36-11-9-31/h3-7,12-13,15H,8-11,14H2,1-2H3,(H2,29,33)(H,30,34). The minimum absolute atomic E-state index is 0.124. The van der Waals surface area contributed by atoms with E-state index >= 15 is 0 Å². The average Bonchev–Trinajstić information content (AvgIpc) is 2.90. The van der Waals surface area contributed by atoms with Crippen LogP contribution in [0.15, 0.2) is 62.5 Å². The number of morpholine rings is 1. The van der Waals surface area contributed by atoms with Crippen molar-refractivity contribution in [3.63, 3.8) is 0 Å². The van der Waals surface area contributed by atoms with Gasteiger partial charge in [-0.15, -0.1) is 0 Å². The summed E-state index contributed by atoms with van der Waals surface area (Å²) in [4.78, 5) is 42.8. The van der Waals surface area contributed by atoms with Crippen molar-refractivity contribution in [3.05, 3.63) is 91.5 Å². The first-order chi connectivity index (χ1) is 17.9. The lowest BCUT2D eigenvalue weighted by Gasteiger charge is -2.27. The number of benzene rings is 2. The molecule has 0 atom stereocenters. The number of pyridine rings is 1. The van der Waals surface area contributed by atoms with Crippen LogP contribution in [0.3, 0.4) is 0 Å². The smallest absolute Gasteiger partial charge is 0.255 e. The minimum atomic E-state index is -0.608. The second-order valence-electron chi connectivity index (χ2n) is 8.97. The molecule has 3 N–H and O–H groups in total. The number of ether oxygens (including phenoxy) is 2. The van der Waals surface area contributed by atoms with Crippen molar-refractivity contribution < 1.29 is 18.7 Å². The van der Waals surface area contributed by atoms with E-state index in [0.29, 0.717) is 76.9 Å². The number of carbonyl (C=O) groups is 1. The lowest BCUT2D eigenvalue weighted by Crippen LogP contribution is -2.36. The number of aromatic nitrogens is 1. The molecule has 0 bridgehead atoms. The molecule has 1 saturated heterocycles. The lowest BCUT2D eigenvalue weighted by atomic mass is 9.93. The van der Waals surface area contributed by atoms with Gasteiger partial charge in [0.2, 0.25) is 5.91 Å². The van der Waals surface area contributed by atoms with Crippen LogP contribution in [0.2, 0.25) is 0 Å². The molecule has 0 unspecified atom stereocenters. The molecule has 1 aliphatic rings. The number of anilines is 1. The van der Waals surface area contributed by atoms with Gasteiger partial charge < -0.3 is 29.5 Å². The van der Waals surface area contributed by atoms with Gasteiger partial charge >= 0.3 is 0 Å². The van der Waals surface area contributed by atoms with E-state index in [-0.39, 0.29) is 17.4 Å². The zero-order valence-corrected chi connectivity index (χ0v) is 20.6. The Hall–Kier alpha value is -4.37. The Kier molecular flexibility index (Phi) is 6.54. The van der Waals surface area contributed by atoms with Crippen molar-refractivity contribution in [2.75, 3.05) is 38.3 Å². The van der Waals surface area contributed by atoms with Gasteiger partial charge in [-0.2, -0.15) is 0 Å². The van der Waals surface area contributed by atoms with Gasteiger partial charge in [0.05, 0.1) is 31.3 Å². The number of methoxy groups -OCH3 is 1. The number of rotatable bonds is 6. The summed E-state index contributed by atoms with van der Waals surface area (Å²) in [6.07, 6.45) is 0.124. The van der Waals surface area contributed by atoms with Crippen LogP contribution in [0, 0.1) is 6.92 Å². The molecule has 5 rings (SSSR count). The van der Waals surface area contributed by atoms with E-state index in [1.165, 1.54) is 13.2 Å². The molecule has 2 aromatic heterocycles. The van der Waals surface area contributed by atoms with Crippen molar-refractivity contribution in [3.8, 4) is 16.9 Å². The first-order valence-corrected chi connectivity index (χ1v) is 11.9. The van der Waals surface area contributed by atoms with Crippen molar-refractivity contribution >= 4 is 22.8 Å². The predicted octanol–water partition coefficient (Wildman–Crippen LogP) is 2.99. The minimum Gasteiger partial charge on any atom is -0.496 e. The highest BCUT2D eigenvalue weighted by atomic mass is 16.5. The fourth-order valence-corrected chi connectivity index (χ4v) is 4.71. The number of fused-ring (bicyclic) bond motifs is 1. The third kappa shape index (κ3) is 4.73. The number of primary amides is 1. The number of aromatic amines is 1. The first-order valence-electron chi connectivity index (χ1n) is 11.9. The fraction of sp³-hybridized carbons (Fsp3) is 0.250. The number of amides is 1. The van der Waals surface area contributed by atoms with Gasteiger partial charge in [-0.1, -0.05) is 18.2 Å². The highest BCUT2D eigenvalue weighted by Crippen LogP contribution is 2.32. The number of nitrogens with two attached hydrogens (primary N) is 1. The average molecular weight is 502 g/mol.